The van der Waals surface area contributed by atoms with Gasteiger partial charge in [-0.15, -0.1) is 0 Å². The Hall–Kier alpha value is -2.17. The van der Waals surface area contributed by atoms with Gasteiger partial charge in [-0.3, -0.25) is 4.79 Å². The third-order valence-corrected chi connectivity index (χ3v) is 3.92. The molecule has 25 heavy (non-hydrogen) atoms. The highest BCUT2D eigenvalue weighted by Crippen LogP contribution is 2.41. The van der Waals surface area contributed by atoms with E-state index in [1.807, 2.05) is 12.1 Å². The number of hydrogen-bond donors (Lipinski definition) is 0. The van der Waals surface area contributed by atoms with Crippen LogP contribution in [0, 0.1) is 0 Å². The molecule has 0 saturated heterocycles. The van der Waals surface area contributed by atoms with E-state index < -0.39 is 6.16 Å². The summed E-state index contributed by atoms with van der Waals surface area (Å²) >= 11 is 0. The van der Waals surface area contributed by atoms with Crippen LogP contribution < -0.4 is 4.74 Å². The SMILES string of the molecule is C=NC(=O)CCc1cc(C(C)(C)C)c(OC(=O)OC)c(C(C)(C)C)c1. The largest absolute Gasteiger partial charge is 0.513 e. The first-order valence-electron chi connectivity index (χ1n) is 8.33. The monoisotopic (exact) mass is 347 g/mol. The zero-order valence-corrected chi connectivity index (χ0v) is 16.4. The molecule has 138 valence electrons. The van der Waals surface area contributed by atoms with Gasteiger partial charge in [0.2, 0.25) is 5.91 Å². The van der Waals surface area contributed by atoms with Crippen molar-refractivity contribution < 1.29 is 19.1 Å². The van der Waals surface area contributed by atoms with E-state index in [-0.39, 0.29) is 16.7 Å². The highest BCUT2D eigenvalue weighted by atomic mass is 16.7. The smallest absolute Gasteiger partial charge is 0.437 e. The number of methoxy groups -OCH3 is 1. The van der Waals surface area contributed by atoms with Gasteiger partial charge in [-0.05, 0) is 29.5 Å². The van der Waals surface area contributed by atoms with E-state index >= 15 is 0 Å². The number of carbonyl (C=O) groups is 2. The minimum Gasteiger partial charge on any atom is -0.437 e. The molecular weight excluding hydrogens is 318 g/mol. The molecule has 1 amide bonds. The molecule has 5 heteroatoms. The van der Waals surface area contributed by atoms with E-state index in [4.69, 9.17) is 4.74 Å². The minimum absolute atomic E-state index is 0.232. The fraction of sp³-hybridized carbons (Fsp3) is 0.550. The molecular formula is C20H29NO4. The highest BCUT2D eigenvalue weighted by molar-refractivity contribution is 5.80. The van der Waals surface area contributed by atoms with Crippen molar-refractivity contribution in [1.82, 2.24) is 0 Å². The first kappa shape index (κ1) is 20.9. The number of rotatable bonds is 4. The molecule has 0 radical (unpaired) electrons. The summed E-state index contributed by atoms with van der Waals surface area (Å²) in [6.45, 7) is 15.6. The number of ether oxygens (including phenoxy) is 2. The third kappa shape index (κ3) is 5.69. The topological polar surface area (TPSA) is 65.0 Å². The van der Waals surface area contributed by atoms with Gasteiger partial charge in [0.15, 0.2) is 0 Å². The molecule has 0 fully saturated rings. The number of aryl methyl sites for hydroxylation is 1. The van der Waals surface area contributed by atoms with E-state index in [0.717, 1.165) is 16.7 Å². The number of amides is 1. The summed E-state index contributed by atoms with van der Waals surface area (Å²) in [6, 6.07) is 3.98. The second-order valence-electron chi connectivity index (χ2n) is 8.13. The van der Waals surface area contributed by atoms with Gasteiger partial charge in [-0.1, -0.05) is 53.7 Å². The van der Waals surface area contributed by atoms with Crippen LogP contribution in [0.15, 0.2) is 17.1 Å². The van der Waals surface area contributed by atoms with Crippen molar-refractivity contribution in [2.24, 2.45) is 4.99 Å². The van der Waals surface area contributed by atoms with Gasteiger partial charge < -0.3 is 9.47 Å². The maximum absolute atomic E-state index is 11.8. The molecule has 0 aliphatic heterocycles. The number of aliphatic imine (C=N–C) groups is 1. The molecule has 0 N–H and O–H groups in total. The number of carbonyl (C=O) groups excluding carboxylic acids is 2. The van der Waals surface area contributed by atoms with Crippen molar-refractivity contribution in [2.75, 3.05) is 7.11 Å². The van der Waals surface area contributed by atoms with Crippen LogP contribution in [-0.2, 0) is 26.8 Å². The van der Waals surface area contributed by atoms with Crippen LogP contribution >= 0.6 is 0 Å². The van der Waals surface area contributed by atoms with Crippen LogP contribution in [0.5, 0.6) is 5.75 Å². The van der Waals surface area contributed by atoms with E-state index in [0.29, 0.717) is 18.6 Å². The first-order valence-corrected chi connectivity index (χ1v) is 8.33. The summed E-state index contributed by atoms with van der Waals surface area (Å²) in [5.41, 5.74) is 2.31. The fourth-order valence-electron chi connectivity index (χ4n) is 2.51. The molecule has 1 aromatic carbocycles. The lowest BCUT2D eigenvalue weighted by molar-refractivity contribution is -0.117. The van der Waals surface area contributed by atoms with Crippen molar-refractivity contribution in [3.05, 3.63) is 28.8 Å². The summed E-state index contributed by atoms with van der Waals surface area (Å²) in [7, 11) is 1.29. The maximum Gasteiger partial charge on any atom is 0.513 e. The van der Waals surface area contributed by atoms with Crippen LogP contribution in [-0.4, -0.2) is 25.9 Å². The van der Waals surface area contributed by atoms with Crippen molar-refractivity contribution in [1.29, 1.82) is 0 Å². The number of nitrogens with zero attached hydrogens (tertiary/aromatic N) is 1. The summed E-state index contributed by atoms with van der Waals surface area (Å²) < 4.78 is 10.2. The number of hydrogen-bond acceptors (Lipinski definition) is 4. The predicted molar refractivity (Wildman–Crippen MR) is 99.8 cm³/mol. The lowest BCUT2D eigenvalue weighted by atomic mass is 9.78. The quantitative estimate of drug-likeness (QED) is 0.454. The Labute approximate surface area is 150 Å². The van der Waals surface area contributed by atoms with Crippen molar-refractivity contribution in [2.45, 2.75) is 65.2 Å². The molecule has 0 aliphatic rings. The van der Waals surface area contributed by atoms with E-state index in [2.05, 4.69) is 58.0 Å². The standard InChI is InChI=1S/C20H29NO4/c1-19(2,3)14-11-13(9-10-16(22)21-7)12-15(20(4,5)6)17(14)25-18(23)24-8/h11-12H,7,9-10H2,1-6,8H3. The Balaban J connectivity index is 3.54. The normalized spacial score (nSPS) is 11.8. The minimum atomic E-state index is -0.741. The van der Waals surface area contributed by atoms with Gasteiger partial charge in [0.25, 0.3) is 0 Å². The average Bonchev–Trinajstić information content (AvgIpc) is 2.50. The molecule has 0 heterocycles. The molecule has 1 rings (SSSR count). The van der Waals surface area contributed by atoms with Gasteiger partial charge in [0.1, 0.15) is 5.75 Å². The molecule has 0 atom stereocenters. The van der Waals surface area contributed by atoms with Crippen LogP contribution in [0.4, 0.5) is 4.79 Å². The molecule has 0 unspecified atom stereocenters. The Morgan fingerprint density at radius 2 is 1.52 bits per heavy atom. The van der Waals surface area contributed by atoms with Gasteiger partial charge in [0.05, 0.1) is 7.11 Å². The average molecular weight is 347 g/mol. The molecule has 1 aromatic rings. The number of benzene rings is 1. The van der Waals surface area contributed by atoms with Crippen LogP contribution in [0.3, 0.4) is 0 Å². The van der Waals surface area contributed by atoms with Crippen LogP contribution in [0.2, 0.25) is 0 Å². The molecule has 0 saturated carbocycles. The fourth-order valence-corrected chi connectivity index (χ4v) is 2.51. The second-order valence-corrected chi connectivity index (χ2v) is 8.13. The van der Waals surface area contributed by atoms with E-state index in [9.17, 15) is 9.59 Å². The van der Waals surface area contributed by atoms with Gasteiger partial charge in [0, 0.05) is 17.5 Å². The highest BCUT2D eigenvalue weighted by Gasteiger charge is 2.29. The Morgan fingerprint density at radius 3 is 1.88 bits per heavy atom. The molecule has 0 aromatic heterocycles. The Morgan fingerprint density at radius 1 is 1.04 bits per heavy atom. The molecule has 5 nitrogen and oxygen atoms in total. The van der Waals surface area contributed by atoms with Crippen LogP contribution in [0.1, 0.15) is 64.7 Å². The summed E-state index contributed by atoms with van der Waals surface area (Å²) in [5.74, 6) is 0.299. The lowest BCUT2D eigenvalue weighted by Crippen LogP contribution is -2.22. The van der Waals surface area contributed by atoms with Crippen molar-refractivity contribution in [3.8, 4) is 5.75 Å². The summed E-state index contributed by atoms with van der Waals surface area (Å²) in [5, 5.41) is 0. The van der Waals surface area contributed by atoms with Gasteiger partial charge in [-0.25, -0.2) is 9.79 Å². The maximum atomic E-state index is 11.8. The van der Waals surface area contributed by atoms with Crippen molar-refractivity contribution in [3.63, 3.8) is 0 Å². The predicted octanol–water partition coefficient (Wildman–Crippen LogP) is 4.59. The molecule has 0 aliphatic carbocycles. The molecule has 0 bridgehead atoms. The van der Waals surface area contributed by atoms with Gasteiger partial charge >= 0.3 is 6.16 Å². The summed E-state index contributed by atoms with van der Waals surface area (Å²) in [6.07, 6.45) is 0.117. The lowest BCUT2D eigenvalue weighted by Gasteiger charge is -2.29. The second kappa shape index (κ2) is 7.81. The first-order chi connectivity index (χ1) is 11.4. The zero-order chi connectivity index (χ0) is 19.4. The summed E-state index contributed by atoms with van der Waals surface area (Å²) in [4.78, 5) is 26.7. The van der Waals surface area contributed by atoms with Crippen LogP contribution in [0.25, 0.3) is 0 Å². The Bertz CT molecular complexity index is 628. The van der Waals surface area contributed by atoms with E-state index in [1.165, 1.54) is 7.11 Å². The third-order valence-electron chi connectivity index (χ3n) is 3.92. The Kier molecular flexibility index (Phi) is 6.52. The van der Waals surface area contributed by atoms with E-state index in [1.54, 1.807) is 0 Å². The van der Waals surface area contributed by atoms with Crippen molar-refractivity contribution >= 4 is 18.8 Å². The van der Waals surface area contributed by atoms with Gasteiger partial charge in [-0.2, -0.15) is 0 Å². The molecule has 0 spiro atoms. The zero-order valence-electron chi connectivity index (χ0n) is 16.4.